The van der Waals surface area contributed by atoms with Gasteiger partial charge in [-0.25, -0.2) is 0 Å². The summed E-state index contributed by atoms with van der Waals surface area (Å²) in [5.74, 6) is -0.822. The largest absolute Gasteiger partial charge is 0.339 e. The minimum atomic E-state index is -0.696. The molecule has 0 aliphatic carbocycles. The van der Waals surface area contributed by atoms with E-state index in [9.17, 15) is 14.4 Å². The van der Waals surface area contributed by atoms with Crippen LogP contribution in [0.5, 0.6) is 0 Å². The standard InChI is InChI=1S/C23H22N2O3S/c1-15(2)20(25-22(27)19-12-7-13-29-19)23(28)24-18-11-6-10-17(14-18)21(26)16-8-4-3-5-9-16/h3-15,20H,1-2H3,(H,24,28)(H,25,27). The van der Waals surface area contributed by atoms with Crippen LogP contribution in [0.15, 0.2) is 72.1 Å². The van der Waals surface area contributed by atoms with E-state index in [-0.39, 0.29) is 23.5 Å². The van der Waals surface area contributed by atoms with Gasteiger partial charge in [-0.3, -0.25) is 14.4 Å². The van der Waals surface area contributed by atoms with Crippen molar-refractivity contribution in [3.8, 4) is 0 Å². The molecule has 0 radical (unpaired) electrons. The fraction of sp³-hybridized carbons (Fsp3) is 0.174. The first-order chi connectivity index (χ1) is 14.0. The molecule has 1 unspecified atom stereocenters. The molecule has 0 bridgehead atoms. The number of benzene rings is 2. The van der Waals surface area contributed by atoms with Crippen LogP contribution in [0.4, 0.5) is 5.69 Å². The first kappa shape index (κ1) is 20.5. The lowest BCUT2D eigenvalue weighted by atomic mass is 10.0. The summed E-state index contributed by atoms with van der Waals surface area (Å²) in [5.41, 5.74) is 1.57. The maximum atomic E-state index is 12.8. The average molecular weight is 407 g/mol. The number of rotatable bonds is 7. The van der Waals surface area contributed by atoms with E-state index in [1.165, 1.54) is 11.3 Å². The predicted molar refractivity (Wildman–Crippen MR) is 115 cm³/mol. The quantitative estimate of drug-likeness (QED) is 0.572. The van der Waals surface area contributed by atoms with Crippen molar-refractivity contribution in [1.82, 2.24) is 5.32 Å². The highest BCUT2D eigenvalue weighted by Gasteiger charge is 2.25. The number of carbonyl (C=O) groups excluding carboxylic acids is 3. The van der Waals surface area contributed by atoms with Crippen molar-refractivity contribution in [3.63, 3.8) is 0 Å². The normalized spacial score (nSPS) is 11.7. The molecule has 0 spiro atoms. The van der Waals surface area contributed by atoms with Crippen molar-refractivity contribution in [1.29, 1.82) is 0 Å². The zero-order valence-electron chi connectivity index (χ0n) is 16.2. The van der Waals surface area contributed by atoms with Crippen molar-refractivity contribution in [2.75, 3.05) is 5.32 Å². The van der Waals surface area contributed by atoms with E-state index in [1.54, 1.807) is 48.5 Å². The van der Waals surface area contributed by atoms with Gasteiger partial charge in [0, 0.05) is 16.8 Å². The van der Waals surface area contributed by atoms with Crippen LogP contribution >= 0.6 is 11.3 Å². The highest BCUT2D eigenvalue weighted by molar-refractivity contribution is 7.12. The number of anilines is 1. The summed E-state index contributed by atoms with van der Waals surface area (Å²) in [5, 5.41) is 7.43. The fourth-order valence-electron chi connectivity index (χ4n) is 2.87. The molecule has 148 valence electrons. The first-order valence-electron chi connectivity index (χ1n) is 9.30. The van der Waals surface area contributed by atoms with Crippen LogP contribution in [0.2, 0.25) is 0 Å². The number of thiophene rings is 1. The third-order valence-corrected chi connectivity index (χ3v) is 5.28. The highest BCUT2D eigenvalue weighted by Crippen LogP contribution is 2.17. The Morgan fingerprint density at radius 3 is 2.24 bits per heavy atom. The lowest BCUT2D eigenvalue weighted by Gasteiger charge is -2.21. The highest BCUT2D eigenvalue weighted by atomic mass is 32.1. The Morgan fingerprint density at radius 2 is 1.59 bits per heavy atom. The van der Waals surface area contributed by atoms with Crippen LogP contribution in [-0.4, -0.2) is 23.6 Å². The molecule has 5 nitrogen and oxygen atoms in total. The Morgan fingerprint density at radius 1 is 0.862 bits per heavy atom. The minimum absolute atomic E-state index is 0.104. The first-order valence-corrected chi connectivity index (χ1v) is 10.2. The topological polar surface area (TPSA) is 75.3 Å². The van der Waals surface area contributed by atoms with Gasteiger partial charge in [0.2, 0.25) is 5.91 Å². The molecule has 2 N–H and O–H groups in total. The van der Waals surface area contributed by atoms with Crippen LogP contribution in [0.1, 0.15) is 39.4 Å². The van der Waals surface area contributed by atoms with E-state index in [2.05, 4.69) is 10.6 Å². The van der Waals surface area contributed by atoms with Crippen LogP contribution in [0, 0.1) is 5.92 Å². The lowest BCUT2D eigenvalue weighted by molar-refractivity contribution is -0.118. The van der Waals surface area contributed by atoms with E-state index < -0.39 is 6.04 Å². The summed E-state index contributed by atoms with van der Waals surface area (Å²) in [6.45, 7) is 3.74. The monoisotopic (exact) mass is 406 g/mol. The lowest BCUT2D eigenvalue weighted by Crippen LogP contribution is -2.46. The van der Waals surface area contributed by atoms with Gasteiger partial charge in [-0.1, -0.05) is 62.4 Å². The molecule has 6 heteroatoms. The maximum absolute atomic E-state index is 12.8. The Labute approximate surface area is 173 Å². The van der Waals surface area contributed by atoms with E-state index in [0.29, 0.717) is 21.7 Å². The van der Waals surface area contributed by atoms with Crippen molar-refractivity contribution in [2.45, 2.75) is 19.9 Å². The van der Waals surface area contributed by atoms with Gasteiger partial charge < -0.3 is 10.6 Å². The fourth-order valence-corrected chi connectivity index (χ4v) is 3.50. The van der Waals surface area contributed by atoms with Crippen LogP contribution < -0.4 is 10.6 Å². The second-order valence-corrected chi connectivity index (χ2v) is 7.89. The summed E-state index contributed by atoms with van der Waals surface area (Å²) >= 11 is 1.32. The second-order valence-electron chi connectivity index (χ2n) is 6.94. The van der Waals surface area contributed by atoms with Crippen molar-refractivity contribution in [2.24, 2.45) is 5.92 Å². The van der Waals surface area contributed by atoms with E-state index in [0.717, 1.165) is 0 Å². The molecule has 3 aromatic rings. The molecule has 1 heterocycles. The van der Waals surface area contributed by atoms with E-state index >= 15 is 0 Å². The molecule has 0 fully saturated rings. The molecular formula is C23H22N2O3S. The van der Waals surface area contributed by atoms with Crippen LogP contribution in [0.3, 0.4) is 0 Å². The SMILES string of the molecule is CC(C)C(NC(=O)c1cccs1)C(=O)Nc1cccc(C(=O)c2ccccc2)c1. The van der Waals surface area contributed by atoms with Gasteiger partial charge in [0.1, 0.15) is 6.04 Å². The summed E-state index contributed by atoms with van der Waals surface area (Å²) in [6, 6.07) is 18.6. The third kappa shape index (κ3) is 5.18. The van der Waals surface area contributed by atoms with Crippen LogP contribution in [0.25, 0.3) is 0 Å². The zero-order chi connectivity index (χ0) is 20.8. The predicted octanol–water partition coefficient (Wildman–Crippen LogP) is 4.37. The molecule has 1 aromatic heterocycles. The smallest absolute Gasteiger partial charge is 0.262 e. The maximum Gasteiger partial charge on any atom is 0.262 e. The van der Waals surface area contributed by atoms with Gasteiger partial charge in [0.15, 0.2) is 5.78 Å². The van der Waals surface area contributed by atoms with Gasteiger partial charge in [0.25, 0.3) is 5.91 Å². The second kappa shape index (κ2) is 9.30. The van der Waals surface area contributed by atoms with E-state index in [4.69, 9.17) is 0 Å². The molecule has 29 heavy (non-hydrogen) atoms. The number of hydrogen-bond acceptors (Lipinski definition) is 4. The number of hydrogen-bond donors (Lipinski definition) is 2. The average Bonchev–Trinajstić information content (AvgIpc) is 3.27. The van der Waals surface area contributed by atoms with E-state index in [1.807, 2.05) is 37.4 Å². The van der Waals surface area contributed by atoms with Gasteiger partial charge in [-0.2, -0.15) is 0 Å². The number of carbonyl (C=O) groups is 3. The number of nitrogens with one attached hydrogen (secondary N) is 2. The Hall–Kier alpha value is -3.25. The van der Waals surface area contributed by atoms with Crippen molar-refractivity contribution < 1.29 is 14.4 Å². The molecule has 0 saturated heterocycles. The Balaban J connectivity index is 1.73. The Bertz CT molecular complexity index is 998. The Kier molecular flexibility index (Phi) is 6.57. The number of ketones is 1. The zero-order valence-corrected chi connectivity index (χ0v) is 17.0. The molecule has 0 aliphatic heterocycles. The third-order valence-electron chi connectivity index (χ3n) is 4.41. The summed E-state index contributed by atoms with van der Waals surface area (Å²) in [4.78, 5) is 38.3. The molecule has 2 aromatic carbocycles. The minimum Gasteiger partial charge on any atom is -0.339 e. The molecule has 3 rings (SSSR count). The molecule has 2 amide bonds. The van der Waals surface area contributed by atoms with Crippen molar-refractivity contribution >= 4 is 34.6 Å². The molecular weight excluding hydrogens is 384 g/mol. The summed E-state index contributed by atoms with van der Waals surface area (Å²) < 4.78 is 0. The summed E-state index contributed by atoms with van der Waals surface area (Å²) in [6.07, 6.45) is 0. The van der Waals surface area contributed by atoms with Gasteiger partial charge in [-0.15, -0.1) is 11.3 Å². The van der Waals surface area contributed by atoms with Gasteiger partial charge in [0.05, 0.1) is 4.88 Å². The van der Waals surface area contributed by atoms with Crippen LogP contribution in [-0.2, 0) is 4.79 Å². The number of amides is 2. The molecule has 0 saturated carbocycles. The van der Waals surface area contributed by atoms with Gasteiger partial charge in [-0.05, 0) is 29.5 Å². The van der Waals surface area contributed by atoms with Gasteiger partial charge >= 0.3 is 0 Å². The molecule has 1 atom stereocenters. The molecule has 0 aliphatic rings. The summed E-state index contributed by atoms with van der Waals surface area (Å²) in [7, 11) is 0. The van der Waals surface area contributed by atoms with Crippen molar-refractivity contribution in [3.05, 3.63) is 88.1 Å².